The fourth-order valence-electron chi connectivity index (χ4n) is 1.04. The summed E-state index contributed by atoms with van der Waals surface area (Å²) in [6.07, 6.45) is 0.308. The number of hydrogen-bond acceptors (Lipinski definition) is 5. The van der Waals surface area contributed by atoms with Gasteiger partial charge in [0.05, 0.1) is 6.61 Å². The normalized spacial score (nSPS) is 10.4. The van der Waals surface area contributed by atoms with Crippen LogP contribution < -0.4 is 16.0 Å². The third-order valence-corrected chi connectivity index (χ3v) is 2.02. The Bertz CT molecular complexity index is 318. The lowest BCUT2D eigenvalue weighted by molar-refractivity contribution is -0.757. The molecule has 3 N–H and O–H groups in total. The molecule has 0 heterocycles. The first-order valence-electron chi connectivity index (χ1n) is 5.35. The van der Waals surface area contributed by atoms with Gasteiger partial charge in [0.15, 0.2) is 0 Å². The van der Waals surface area contributed by atoms with E-state index in [9.17, 15) is 19.7 Å². The molecule has 9 nitrogen and oxygen atoms in total. The molecule has 0 atom stereocenters. The maximum atomic E-state index is 11.7. The summed E-state index contributed by atoms with van der Waals surface area (Å²) < 4.78 is 0. The Kier molecular flexibility index (Phi) is 6.47. The molecule has 9 heteroatoms. The zero-order valence-electron chi connectivity index (χ0n) is 10.6. The van der Waals surface area contributed by atoms with Gasteiger partial charge in [-0.3, -0.25) is 4.79 Å². The van der Waals surface area contributed by atoms with Crippen LogP contribution >= 0.6 is 0 Å². The molecule has 0 bridgehead atoms. The number of carbonyl (C=O) groups is 2. The van der Waals surface area contributed by atoms with Gasteiger partial charge < -0.3 is 20.8 Å². The third kappa shape index (κ3) is 6.51. The molecule has 0 aliphatic rings. The fraction of sp³-hybridized carbons (Fsp3) is 0.778. The summed E-state index contributed by atoms with van der Waals surface area (Å²) in [6, 6.07) is -0.466. The molecule has 0 aromatic heterocycles. The molecule has 0 spiro atoms. The van der Waals surface area contributed by atoms with Crippen LogP contribution in [0.15, 0.2) is 0 Å². The van der Waals surface area contributed by atoms with E-state index in [1.807, 2.05) is 0 Å². The maximum absolute atomic E-state index is 11.7. The van der Waals surface area contributed by atoms with E-state index in [1.165, 1.54) is 7.05 Å². The summed E-state index contributed by atoms with van der Waals surface area (Å²) in [6.45, 7) is 3.23. The molecule has 0 aromatic carbocycles. The van der Waals surface area contributed by atoms with Crippen LogP contribution in [0.4, 0.5) is 4.79 Å². The van der Waals surface area contributed by atoms with Crippen LogP contribution in [0.25, 0.3) is 0 Å². The minimum atomic E-state index is -1.07. The SMILES string of the molecule is CNC(=O)NC(C)(C)C(=O)NCCCO[N+](=O)[O-]. The first-order valence-corrected chi connectivity index (χ1v) is 5.35. The van der Waals surface area contributed by atoms with Crippen LogP contribution in [0.2, 0.25) is 0 Å². The van der Waals surface area contributed by atoms with Gasteiger partial charge in [0, 0.05) is 13.6 Å². The number of amides is 3. The van der Waals surface area contributed by atoms with Crippen LogP contribution in [0.1, 0.15) is 20.3 Å². The van der Waals surface area contributed by atoms with Crippen molar-refractivity contribution in [3.05, 3.63) is 10.1 Å². The van der Waals surface area contributed by atoms with Gasteiger partial charge in [-0.2, -0.15) is 0 Å². The van der Waals surface area contributed by atoms with Crippen LogP contribution in [0.3, 0.4) is 0 Å². The molecule has 0 aliphatic carbocycles. The quantitative estimate of drug-likeness (QED) is 0.321. The number of nitrogens with zero attached hydrogens (tertiary/aromatic N) is 1. The van der Waals surface area contributed by atoms with E-state index in [2.05, 4.69) is 20.8 Å². The molecular weight excluding hydrogens is 244 g/mol. The summed E-state index contributed by atoms with van der Waals surface area (Å²) in [5.74, 6) is -0.382. The summed E-state index contributed by atoms with van der Waals surface area (Å²) >= 11 is 0. The summed E-state index contributed by atoms with van der Waals surface area (Å²) in [5.41, 5.74) is -1.07. The largest absolute Gasteiger partial charge is 0.354 e. The second-order valence-electron chi connectivity index (χ2n) is 4.00. The first-order chi connectivity index (χ1) is 8.29. The Morgan fingerprint density at radius 2 is 2.00 bits per heavy atom. The molecule has 0 aromatic rings. The average Bonchev–Trinajstić information content (AvgIpc) is 2.27. The molecule has 0 unspecified atom stereocenters. The van der Waals surface area contributed by atoms with E-state index in [0.717, 1.165) is 0 Å². The van der Waals surface area contributed by atoms with E-state index < -0.39 is 16.7 Å². The van der Waals surface area contributed by atoms with Gasteiger partial charge in [-0.1, -0.05) is 0 Å². The zero-order chi connectivity index (χ0) is 14.2. The first kappa shape index (κ1) is 15.9. The average molecular weight is 262 g/mol. The molecule has 0 saturated carbocycles. The van der Waals surface area contributed by atoms with Crippen molar-refractivity contribution in [2.24, 2.45) is 0 Å². The topological polar surface area (TPSA) is 123 Å². The lowest BCUT2D eigenvalue weighted by Crippen LogP contribution is -2.56. The molecule has 3 amide bonds. The van der Waals surface area contributed by atoms with Crippen LogP contribution in [-0.4, -0.2) is 42.8 Å². The fourth-order valence-corrected chi connectivity index (χ4v) is 1.04. The Labute approximate surface area is 104 Å². The van der Waals surface area contributed by atoms with Gasteiger partial charge in [0.1, 0.15) is 5.54 Å². The van der Waals surface area contributed by atoms with Gasteiger partial charge in [0.2, 0.25) is 5.91 Å². The predicted molar refractivity (Wildman–Crippen MR) is 62.2 cm³/mol. The summed E-state index contributed by atoms with van der Waals surface area (Å²) in [5, 5.41) is 16.3. The number of hydrogen-bond donors (Lipinski definition) is 3. The minimum Gasteiger partial charge on any atom is -0.354 e. The Hall–Kier alpha value is -2.06. The van der Waals surface area contributed by atoms with Crippen LogP contribution in [0, 0.1) is 10.1 Å². The van der Waals surface area contributed by atoms with E-state index >= 15 is 0 Å². The standard InChI is InChI=1S/C9H18N4O5/c1-9(2,12-8(15)10-3)7(14)11-5-4-6-18-13(16)17/h4-6H2,1-3H3,(H,11,14)(H2,10,12,15). The van der Waals surface area contributed by atoms with Crippen molar-refractivity contribution < 1.29 is 19.5 Å². The third-order valence-electron chi connectivity index (χ3n) is 2.02. The van der Waals surface area contributed by atoms with Gasteiger partial charge in [-0.05, 0) is 20.3 Å². The highest BCUT2D eigenvalue weighted by atomic mass is 16.9. The van der Waals surface area contributed by atoms with Crippen LogP contribution in [0.5, 0.6) is 0 Å². The van der Waals surface area contributed by atoms with Gasteiger partial charge in [0.25, 0.3) is 5.09 Å². The number of rotatable bonds is 7. The van der Waals surface area contributed by atoms with Crippen molar-refractivity contribution >= 4 is 11.9 Å². The predicted octanol–water partition coefficient (Wildman–Crippen LogP) is -0.591. The smallest absolute Gasteiger partial charge is 0.315 e. The van der Waals surface area contributed by atoms with Crippen molar-refractivity contribution in [3.8, 4) is 0 Å². The number of carbonyl (C=O) groups excluding carboxylic acids is 2. The van der Waals surface area contributed by atoms with E-state index in [0.29, 0.717) is 6.42 Å². The van der Waals surface area contributed by atoms with Crippen LogP contribution in [-0.2, 0) is 9.63 Å². The van der Waals surface area contributed by atoms with Gasteiger partial charge in [-0.15, -0.1) is 10.1 Å². The van der Waals surface area contributed by atoms with Crippen molar-refractivity contribution in [2.45, 2.75) is 25.8 Å². The number of nitrogens with one attached hydrogen (secondary N) is 3. The van der Waals surface area contributed by atoms with E-state index in [1.54, 1.807) is 13.8 Å². The molecule has 0 aliphatic heterocycles. The second kappa shape index (κ2) is 7.30. The Morgan fingerprint density at radius 1 is 1.39 bits per heavy atom. The van der Waals surface area contributed by atoms with Crippen molar-refractivity contribution in [1.29, 1.82) is 0 Å². The van der Waals surface area contributed by atoms with Crippen molar-refractivity contribution in [2.75, 3.05) is 20.2 Å². The summed E-state index contributed by atoms with van der Waals surface area (Å²) in [7, 11) is 1.44. The second-order valence-corrected chi connectivity index (χ2v) is 4.00. The lowest BCUT2D eigenvalue weighted by Gasteiger charge is -2.24. The monoisotopic (exact) mass is 262 g/mol. The van der Waals surface area contributed by atoms with Crippen molar-refractivity contribution in [3.63, 3.8) is 0 Å². The van der Waals surface area contributed by atoms with E-state index in [4.69, 9.17) is 0 Å². The van der Waals surface area contributed by atoms with E-state index in [-0.39, 0.29) is 19.1 Å². The highest BCUT2D eigenvalue weighted by Crippen LogP contribution is 2.01. The summed E-state index contributed by atoms with van der Waals surface area (Å²) in [4.78, 5) is 36.7. The molecule has 104 valence electrons. The van der Waals surface area contributed by atoms with Crippen molar-refractivity contribution in [1.82, 2.24) is 16.0 Å². The molecule has 0 fully saturated rings. The maximum Gasteiger partial charge on any atom is 0.315 e. The number of urea groups is 1. The molecule has 18 heavy (non-hydrogen) atoms. The lowest BCUT2D eigenvalue weighted by atomic mass is 10.1. The molecular formula is C9H18N4O5. The Balaban J connectivity index is 3.93. The Morgan fingerprint density at radius 3 is 2.50 bits per heavy atom. The molecule has 0 saturated heterocycles. The molecule has 0 radical (unpaired) electrons. The highest BCUT2D eigenvalue weighted by Gasteiger charge is 2.28. The minimum absolute atomic E-state index is 0.0867. The molecule has 0 rings (SSSR count). The zero-order valence-corrected chi connectivity index (χ0v) is 10.6. The highest BCUT2D eigenvalue weighted by molar-refractivity contribution is 5.90. The van der Waals surface area contributed by atoms with Gasteiger partial charge in [-0.25, -0.2) is 4.79 Å². The van der Waals surface area contributed by atoms with Gasteiger partial charge >= 0.3 is 6.03 Å².